The summed E-state index contributed by atoms with van der Waals surface area (Å²) in [5.74, 6) is 0.493. The van der Waals surface area contributed by atoms with Gasteiger partial charge in [-0.1, -0.05) is 11.8 Å². The fourth-order valence-corrected chi connectivity index (χ4v) is 2.82. The number of carbonyl (C=O) groups excluding carboxylic acids is 1. The van der Waals surface area contributed by atoms with Gasteiger partial charge in [-0.2, -0.15) is 0 Å². The number of amides is 1. The highest BCUT2D eigenvalue weighted by Gasteiger charge is 2.17. The highest BCUT2D eigenvalue weighted by Crippen LogP contribution is 2.19. The van der Waals surface area contributed by atoms with E-state index in [2.05, 4.69) is 15.2 Å². The predicted molar refractivity (Wildman–Crippen MR) is 83.4 cm³/mol. The maximum atomic E-state index is 12.1. The van der Waals surface area contributed by atoms with Crippen LogP contribution in [-0.2, 0) is 9.53 Å². The second kappa shape index (κ2) is 7.33. The van der Waals surface area contributed by atoms with Gasteiger partial charge in [-0.3, -0.25) is 9.78 Å². The van der Waals surface area contributed by atoms with E-state index in [1.54, 1.807) is 12.4 Å². The fourth-order valence-electron chi connectivity index (χ4n) is 2.10. The molecule has 3 heterocycles. The zero-order chi connectivity index (χ0) is 15.2. The summed E-state index contributed by atoms with van der Waals surface area (Å²) in [5.41, 5.74) is 1.70. The van der Waals surface area contributed by atoms with Crippen molar-refractivity contribution >= 4 is 17.7 Å². The maximum Gasteiger partial charge on any atom is 0.233 e. The van der Waals surface area contributed by atoms with E-state index in [0.29, 0.717) is 32.1 Å². The fraction of sp³-hybridized carbons (Fsp3) is 0.333. The SMILES string of the molecule is O=C(CSc1ccc(-c2cccnc2)nn1)N1CCOCC1. The number of carbonyl (C=O) groups is 1. The van der Waals surface area contributed by atoms with Crippen LogP contribution in [0, 0.1) is 0 Å². The largest absolute Gasteiger partial charge is 0.378 e. The number of thioether (sulfide) groups is 1. The summed E-state index contributed by atoms with van der Waals surface area (Å²) in [4.78, 5) is 17.9. The Hall–Kier alpha value is -1.99. The van der Waals surface area contributed by atoms with Crippen LogP contribution < -0.4 is 0 Å². The van der Waals surface area contributed by atoms with Crippen LogP contribution in [0.25, 0.3) is 11.3 Å². The van der Waals surface area contributed by atoms with Crippen LogP contribution in [0.15, 0.2) is 41.7 Å². The van der Waals surface area contributed by atoms with E-state index in [-0.39, 0.29) is 5.91 Å². The van der Waals surface area contributed by atoms with Crippen molar-refractivity contribution in [1.29, 1.82) is 0 Å². The Balaban J connectivity index is 1.56. The Labute approximate surface area is 132 Å². The van der Waals surface area contributed by atoms with Crippen molar-refractivity contribution in [2.24, 2.45) is 0 Å². The van der Waals surface area contributed by atoms with E-state index < -0.39 is 0 Å². The molecule has 1 amide bonds. The second-order valence-electron chi connectivity index (χ2n) is 4.78. The highest BCUT2D eigenvalue weighted by atomic mass is 32.2. The molecule has 7 heteroatoms. The van der Waals surface area contributed by atoms with Gasteiger partial charge in [0.15, 0.2) is 0 Å². The van der Waals surface area contributed by atoms with Gasteiger partial charge in [0.2, 0.25) is 5.91 Å². The topological polar surface area (TPSA) is 68.2 Å². The summed E-state index contributed by atoms with van der Waals surface area (Å²) in [6, 6.07) is 7.57. The van der Waals surface area contributed by atoms with Gasteiger partial charge < -0.3 is 9.64 Å². The van der Waals surface area contributed by atoms with Crippen LogP contribution in [-0.4, -0.2) is 58.0 Å². The van der Waals surface area contributed by atoms with Crippen LogP contribution in [0.1, 0.15) is 0 Å². The van der Waals surface area contributed by atoms with E-state index in [9.17, 15) is 4.79 Å². The summed E-state index contributed by atoms with van der Waals surface area (Å²) in [7, 11) is 0. The van der Waals surface area contributed by atoms with Gasteiger partial charge in [0, 0.05) is 31.0 Å². The van der Waals surface area contributed by atoms with Crippen LogP contribution in [0.5, 0.6) is 0 Å². The average molecular weight is 316 g/mol. The molecule has 2 aromatic rings. The van der Waals surface area contributed by atoms with Crippen molar-refractivity contribution < 1.29 is 9.53 Å². The number of nitrogens with zero attached hydrogens (tertiary/aromatic N) is 4. The number of morpholine rings is 1. The molecule has 0 spiro atoms. The normalized spacial score (nSPS) is 14.8. The molecule has 0 N–H and O–H groups in total. The highest BCUT2D eigenvalue weighted by molar-refractivity contribution is 7.99. The molecule has 0 radical (unpaired) electrons. The van der Waals surface area contributed by atoms with E-state index >= 15 is 0 Å². The molecule has 0 saturated carbocycles. The number of pyridine rings is 1. The van der Waals surface area contributed by atoms with E-state index in [0.717, 1.165) is 16.3 Å². The second-order valence-corrected chi connectivity index (χ2v) is 5.78. The van der Waals surface area contributed by atoms with Crippen molar-refractivity contribution in [3.8, 4) is 11.3 Å². The van der Waals surface area contributed by atoms with Crippen LogP contribution in [0.2, 0.25) is 0 Å². The van der Waals surface area contributed by atoms with Gasteiger partial charge in [0.05, 0.1) is 24.7 Å². The minimum atomic E-state index is 0.117. The molecule has 114 valence electrons. The first kappa shape index (κ1) is 14.9. The number of hydrogen-bond donors (Lipinski definition) is 0. The lowest BCUT2D eigenvalue weighted by Gasteiger charge is -2.26. The molecule has 2 aromatic heterocycles. The Bertz CT molecular complexity index is 615. The Morgan fingerprint density at radius 3 is 2.77 bits per heavy atom. The van der Waals surface area contributed by atoms with E-state index in [4.69, 9.17) is 4.74 Å². The van der Waals surface area contributed by atoms with Crippen molar-refractivity contribution in [3.05, 3.63) is 36.7 Å². The Kier molecular flexibility index (Phi) is 4.97. The molecule has 1 fully saturated rings. The minimum Gasteiger partial charge on any atom is -0.378 e. The third-order valence-electron chi connectivity index (χ3n) is 3.30. The molecule has 0 aromatic carbocycles. The monoisotopic (exact) mass is 316 g/mol. The van der Waals surface area contributed by atoms with Crippen LogP contribution in [0.3, 0.4) is 0 Å². The van der Waals surface area contributed by atoms with Crippen molar-refractivity contribution in [1.82, 2.24) is 20.1 Å². The Morgan fingerprint density at radius 1 is 1.23 bits per heavy atom. The third-order valence-corrected chi connectivity index (χ3v) is 4.21. The molecule has 1 saturated heterocycles. The summed E-state index contributed by atoms with van der Waals surface area (Å²) in [6.07, 6.45) is 3.47. The minimum absolute atomic E-state index is 0.117. The Morgan fingerprint density at radius 2 is 2.09 bits per heavy atom. The first-order valence-electron chi connectivity index (χ1n) is 7.05. The number of hydrogen-bond acceptors (Lipinski definition) is 6. The van der Waals surface area contributed by atoms with Gasteiger partial charge in [-0.25, -0.2) is 0 Å². The lowest BCUT2D eigenvalue weighted by Crippen LogP contribution is -2.41. The summed E-state index contributed by atoms with van der Waals surface area (Å²) in [6.45, 7) is 2.59. The van der Waals surface area contributed by atoms with E-state index in [1.165, 1.54) is 11.8 Å². The quantitative estimate of drug-likeness (QED) is 0.796. The molecule has 1 aliphatic rings. The number of ether oxygens (including phenoxy) is 1. The molecule has 1 aliphatic heterocycles. The van der Waals surface area contributed by atoms with Gasteiger partial charge in [0.25, 0.3) is 0 Å². The molecular weight excluding hydrogens is 300 g/mol. The van der Waals surface area contributed by atoms with Gasteiger partial charge in [-0.15, -0.1) is 10.2 Å². The molecule has 0 unspecified atom stereocenters. The predicted octanol–water partition coefficient (Wildman–Crippen LogP) is 1.49. The lowest BCUT2D eigenvalue weighted by atomic mass is 10.2. The van der Waals surface area contributed by atoms with Gasteiger partial charge in [-0.05, 0) is 24.3 Å². The lowest BCUT2D eigenvalue weighted by molar-refractivity contribution is -0.132. The molecule has 0 bridgehead atoms. The summed E-state index contributed by atoms with van der Waals surface area (Å²) in [5, 5.41) is 9.09. The van der Waals surface area contributed by atoms with Crippen LogP contribution in [0.4, 0.5) is 0 Å². The standard InChI is InChI=1S/C15H16N4O2S/c20-15(19-6-8-21-9-7-19)11-22-14-4-3-13(17-18-14)12-2-1-5-16-10-12/h1-5,10H,6-9,11H2. The summed E-state index contributed by atoms with van der Waals surface area (Å²) >= 11 is 1.40. The zero-order valence-corrected chi connectivity index (χ0v) is 12.8. The third kappa shape index (κ3) is 3.80. The smallest absolute Gasteiger partial charge is 0.233 e. The average Bonchev–Trinajstić information content (AvgIpc) is 2.61. The number of rotatable bonds is 4. The molecule has 0 aliphatic carbocycles. The molecule has 3 rings (SSSR count). The van der Waals surface area contributed by atoms with Gasteiger partial charge >= 0.3 is 0 Å². The first-order valence-corrected chi connectivity index (χ1v) is 8.04. The summed E-state index contributed by atoms with van der Waals surface area (Å²) < 4.78 is 5.24. The molecule has 22 heavy (non-hydrogen) atoms. The van der Waals surface area contributed by atoms with Gasteiger partial charge in [0.1, 0.15) is 5.03 Å². The maximum absolute atomic E-state index is 12.1. The van der Waals surface area contributed by atoms with Crippen molar-refractivity contribution in [2.75, 3.05) is 32.1 Å². The van der Waals surface area contributed by atoms with E-state index in [1.807, 2.05) is 29.2 Å². The molecular formula is C15H16N4O2S. The van der Waals surface area contributed by atoms with Crippen molar-refractivity contribution in [2.45, 2.75) is 5.03 Å². The first-order chi connectivity index (χ1) is 10.8. The van der Waals surface area contributed by atoms with Crippen LogP contribution >= 0.6 is 11.8 Å². The molecule has 0 atom stereocenters. The number of aromatic nitrogens is 3. The van der Waals surface area contributed by atoms with Crippen molar-refractivity contribution in [3.63, 3.8) is 0 Å². The zero-order valence-electron chi connectivity index (χ0n) is 12.0. The molecule has 6 nitrogen and oxygen atoms in total.